The number of carboxylic acid groups (broad SMARTS) is 1. The fourth-order valence-corrected chi connectivity index (χ4v) is 1.64. The van der Waals surface area contributed by atoms with Crippen molar-refractivity contribution >= 4 is 5.97 Å². The van der Waals surface area contributed by atoms with Crippen LogP contribution in [0.25, 0.3) is 0 Å². The number of aliphatic carboxylic acids is 1. The zero-order valence-corrected chi connectivity index (χ0v) is 7.91. The summed E-state index contributed by atoms with van der Waals surface area (Å²) in [5.74, 6) is -2.04. The highest BCUT2D eigenvalue weighted by Crippen LogP contribution is 2.44. The quantitative estimate of drug-likeness (QED) is 0.805. The van der Waals surface area contributed by atoms with E-state index >= 15 is 0 Å². The molecular formula is C10H7F3O3. The largest absolute Gasteiger partial charge is 0.478 e. The van der Waals surface area contributed by atoms with Crippen LogP contribution in [0.3, 0.4) is 0 Å². The molecule has 1 unspecified atom stereocenters. The molecule has 0 amide bonds. The van der Waals surface area contributed by atoms with Gasteiger partial charge in [-0.05, 0) is 11.6 Å². The third kappa shape index (κ3) is 1.33. The molecule has 1 N–H and O–H groups in total. The Bertz CT molecular complexity index is 414. The van der Waals surface area contributed by atoms with Crippen LogP contribution in [0.5, 0.6) is 5.75 Å². The minimum atomic E-state index is -4.95. The van der Waals surface area contributed by atoms with Gasteiger partial charge in [-0.25, -0.2) is 4.79 Å². The average Bonchev–Trinajstić information content (AvgIpc) is 2.56. The van der Waals surface area contributed by atoms with Gasteiger partial charge in [-0.1, -0.05) is 18.2 Å². The minimum Gasteiger partial charge on any atom is -0.478 e. The fraction of sp³-hybridized carbons (Fsp3) is 0.300. The first-order chi connectivity index (χ1) is 7.37. The van der Waals surface area contributed by atoms with E-state index in [1.165, 1.54) is 24.3 Å². The lowest BCUT2D eigenvalue weighted by Crippen LogP contribution is -2.55. The predicted octanol–water partition coefficient (Wildman–Crippen LogP) is 2.01. The average molecular weight is 232 g/mol. The number of hydrogen-bond acceptors (Lipinski definition) is 2. The van der Waals surface area contributed by atoms with E-state index < -0.39 is 24.2 Å². The predicted molar refractivity (Wildman–Crippen MR) is 47.2 cm³/mol. The van der Waals surface area contributed by atoms with Gasteiger partial charge in [0.25, 0.3) is 0 Å². The molecule has 1 atom stereocenters. The lowest BCUT2D eigenvalue weighted by atomic mass is 9.97. The zero-order valence-electron chi connectivity index (χ0n) is 7.91. The minimum absolute atomic E-state index is 0.0257. The molecule has 1 heterocycles. The van der Waals surface area contributed by atoms with Gasteiger partial charge in [0.2, 0.25) is 0 Å². The maximum absolute atomic E-state index is 12.7. The van der Waals surface area contributed by atoms with Crippen LogP contribution in [-0.4, -0.2) is 22.9 Å². The second-order valence-electron chi connectivity index (χ2n) is 3.52. The summed E-state index contributed by atoms with van der Waals surface area (Å²) in [5, 5.41) is 8.73. The van der Waals surface area contributed by atoms with Crippen molar-refractivity contribution in [2.45, 2.75) is 18.2 Å². The number of carboxylic acids is 1. The molecule has 0 spiro atoms. The van der Waals surface area contributed by atoms with E-state index in [-0.39, 0.29) is 11.3 Å². The van der Waals surface area contributed by atoms with Gasteiger partial charge in [0.15, 0.2) is 0 Å². The van der Waals surface area contributed by atoms with E-state index in [0.717, 1.165) is 0 Å². The van der Waals surface area contributed by atoms with Gasteiger partial charge >= 0.3 is 17.7 Å². The second kappa shape index (κ2) is 3.13. The van der Waals surface area contributed by atoms with Crippen LogP contribution >= 0.6 is 0 Å². The molecule has 0 radical (unpaired) electrons. The maximum atomic E-state index is 12.7. The van der Waals surface area contributed by atoms with Crippen LogP contribution in [-0.2, 0) is 11.2 Å². The Morgan fingerprint density at radius 1 is 1.38 bits per heavy atom. The number of halogens is 3. The number of para-hydroxylation sites is 1. The summed E-state index contributed by atoms with van der Waals surface area (Å²) in [4.78, 5) is 10.8. The highest BCUT2D eigenvalue weighted by atomic mass is 19.4. The van der Waals surface area contributed by atoms with Gasteiger partial charge < -0.3 is 9.84 Å². The molecule has 6 heteroatoms. The Labute approximate surface area is 88.5 Å². The number of alkyl halides is 3. The van der Waals surface area contributed by atoms with Crippen molar-refractivity contribution < 1.29 is 27.8 Å². The monoisotopic (exact) mass is 232 g/mol. The third-order valence-corrected chi connectivity index (χ3v) is 2.50. The topological polar surface area (TPSA) is 46.5 Å². The number of benzene rings is 1. The van der Waals surface area contributed by atoms with Crippen LogP contribution in [0.15, 0.2) is 24.3 Å². The zero-order chi connectivity index (χ0) is 12.0. The van der Waals surface area contributed by atoms with Crippen LogP contribution in [0.4, 0.5) is 13.2 Å². The first-order valence-electron chi connectivity index (χ1n) is 4.44. The molecule has 16 heavy (non-hydrogen) atoms. The molecule has 0 fully saturated rings. The molecule has 0 aromatic heterocycles. The normalized spacial score (nSPS) is 23.7. The molecule has 0 bridgehead atoms. The summed E-state index contributed by atoms with van der Waals surface area (Å²) in [6, 6.07) is 5.78. The SMILES string of the molecule is O=C(O)C1(C(F)(F)F)Cc2ccccc2O1. The van der Waals surface area contributed by atoms with Gasteiger partial charge in [0, 0.05) is 6.42 Å². The van der Waals surface area contributed by atoms with Gasteiger partial charge in [-0.3, -0.25) is 0 Å². The summed E-state index contributed by atoms with van der Waals surface area (Å²) in [6.07, 6.45) is -5.64. The van der Waals surface area contributed by atoms with E-state index in [4.69, 9.17) is 5.11 Å². The summed E-state index contributed by atoms with van der Waals surface area (Å²) >= 11 is 0. The smallest absolute Gasteiger partial charge is 0.439 e. The number of fused-ring (bicyclic) bond motifs is 1. The molecule has 0 saturated carbocycles. The standard InChI is InChI=1S/C10H7F3O3/c11-10(12,13)9(8(14)15)5-6-3-1-2-4-7(6)16-9/h1-4H,5H2,(H,14,15). The lowest BCUT2D eigenvalue weighted by molar-refractivity contribution is -0.245. The molecule has 1 aliphatic rings. The molecule has 0 aliphatic carbocycles. The Morgan fingerprint density at radius 2 is 2.00 bits per heavy atom. The van der Waals surface area contributed by atoms with Crippen LogP contribution in [0.2, 0.25) is 0 Å². The second-order valence-corrected chi connectivity index (χ2v) is 3.52. The van der Waals surface area contributed by atoms with E-state index in [1.807, 2.05) is 0 Å². The van der Waals surface area contributed by atoms with Gasteiger partial charge in [-0.2, -0.15) is 13.2 Å². The number of ether oxygens (including phenoxy) is 1. The van der Waals surface area contributed by atoms with Crippen molar-refractivity contribution in [3.05, 3.63) is 29.8 Å². The summed E-state index contributed by atoms with van der Waals surface area (Å²) in [6.45, 7) is 0. The fourth-order valence-electron chi connectivity index (χ4n) is 1.64. The Morgan fingerprint density at radius 3 is 2.50 bits per heavy atom. The number of hydrogen-bond donors (Lipinski definition) is 1. The molecule has 0 saturated heterocycles. The van der Waals surface area contributed by atoms with Gasteiger partial charge in [-0.15, -0.1) is 0 Å². The molecule has 2 rings (SSSR count). The molecule has 1 aliphatic heterocycles. The van der Waals surface area contributed by atoms with Gasteiger partial charge in [0.1, 0.15) is 5.75 Å². The summed E-state index contributed by atoms with van der Waals surface area (Å²) in [5.41, 5.74) is -2.89. The number of carbonyl (C=O) groups is 1. The van der Waals surface area contributed by atoms with Crippen LogP contribution in [0, 0.1) is 0 Å². The van der Waals surface area contributed by atoms with Gasteiger partial charge in [0.05, 0.1) is 0 Å². The summed E-state index contributed by atoms with van der Waals surface area (Å²) in [7, 11) is 0. The van der Waals surface area contributed by atoms with E-state index in [2.05, 4.69) is 4.74 Å². The van der Waals surface area contributed by atoms with E-state index in [9.17, 15) is 18.0 Å². The number of rotatable bonds is 1. The first-order valence-corrected chi connectivity index (χ1v) is 4.44. The maximum Gasteiger partial charge on any atom is 0.439 e. The van der Waals surface area contributed by atoms with E-state index in [1.54, 1.807) is 0 Å². The van der Waals surface area contributed by atoms with Crippen molar-refractivity contribution in [2.24, 2.45) is 0 Å². The van der Waals surface area contributed by atoms with Crippen molar-refractivity contribution in [1.29, 1.82) is 0 Å². The van der Waals surface area contributed by atoms with Crippen molar-refractivity contribution in [1.82, 2.24) is 0 Å². The Hall–Kier alpha value is -1.72. The molecule has 3 nitrogen and oxygen atoms in total. The lowest BCUT2D eigenvalue weighted by Gasteiger charge is -2.26. The highest BCUT2D eigenvalue weighted by Gasteiger charge is 2.66. The third-order valence-electron chi connectivity index (χ3n) is 2.50. The molecule has 1 aromatic carbocycles. The van der Waals surface area contributed by atoms with Crippen molar-refractivity contribution in [3.63, 3.8) is 0 Å². The van der Waals surface area contributed by atoms with Crippen molar-refractivity contribution in [2.75, 3.05) is 0 Å². The molecular weight excluding hydrogens is 225 g/mol. The Kier molecular flexibility index (Phi) is 2.11. The van der Waals surface area contributed by atoms with E-state index in [0.29, 0.717) is 0 Å². The summed E-state index contributed by atoms with van der Waals surface area (Å²) < 4.78 is 42.8. The molecule has 86 valence electrons. The highest BCUT2D eigenvalue weighted by molar-refractivity contribution is 5.81. The van der Waals surface area contributed by atoms with Crippen LogP contribution < -0.4 is 4.74 Å². The molecule has 1 aromatic rings. The van der Waals surface area contributed by atoms with Crippen LogP contribution in [0.1, 0.15) is 5.56 Å². The Balaban J connectivity index is 2.47. The first kappa shape index (κ1) is 10.8. The van der Waals surface area contributed by atoms with Crippen molar-refractivity contribution in [3.8, 4) is 5.75 Å².